The van der Waals surface area contributed by atoms with Crippen molar-refractivity contribution in [3.8, 4) is 0 Å². The van der Waals surface area contributed by atoms with Gasteiger partial charge in [0.2, 0.25) is 0 Å². The Kier molecular flexibility index (Phi) is 6.72. The zero-order chi connectivity index (χ0) is 18.4. The zero-order valence-electron chi connectivity index (χ0n) is 15.4. The average Bonchev–Trinajstić information content (AvgIpc) is 2.99. The van der Waals surface area contributed by atoms with Crippen LogP contribution in [0.4, 0.5) is 8.78 Å². The highest BCUT2D eigenvalue weighted by atomic mass is 19.1. The number of nitrogens with one attached hydrogen (secondary N) is 2. The molecule has 2 unspecified atom stereocenters. The standard InChI is InChI=1S/C18H28F2N4O/c1-18(9-6-10-25-18)12-23-17(21-2)22-11-15(24(3)4)16-13(19)7-5-8-14(16)20/h5,7-8,15H,6,9-12H2,1-4H3,(H2,21,22,23). The molecule has 0 saturated carbocycles. The first-order chi connectivity index (χ1) is 11.9. The van der Waals surface area contributed by atoms with Crippen LogP contribution in [0.5, 0.6) is 0 Å². The highest BCUT2D eigenvalue weighted by Crippen LogP contribution is 2.25. The van der Waals surface area contributed by atoms with E-state index >= 15 is 0 Å². The Hall–Kier alpha value is -1.73. The quantitative estimate of drug-likeness (QED) is 0.608. The van der Waals surface area contributed by atoms with Gasteiger partial charge in [0.15, 0.2) is 5.96 Å². The molecule has 1 fully saturated rings. The fourth-order valence-corrected chi connectivity index (χ4v) is 3.03. The maximum Gasteiger partial charge on any atom is 0.191 e. The lowest BCUT2D eigenvalue weighted by atomic mass is 10.0. The van der Waals surface area contributed by atoms with Crippen molar-refractivity contribution in [2.75, 3.05) is 40.8 Å². The zero-order valence-corrected chi connectivity index (χ0v) is 15.4. The van der Waals surface area contributed by atoms with Gasteiger partial charge in [0.25, 0.3) is 0 Å². The number of hydrogen-bond donors (Lipinski definition) is 2. The van der Waals surface area contributed by atoms with Crippen molar-refractivity contribution in [1.29, 1.82) is 0 Å². The molecule has 25 heavy (non-hydrogen) atoms. The molecular formula is C18H28F2N4O. The van der Waals surface area contributed by atoms with Crippen LogP contribution in [0.2, 0.25) is 0 Å². The largest absolute Gasteiger partial charge is 0.373 e. The van der Waals surface area contributed by atoms with Crippen LogP contribution in [-0.2, 0) is 4.74 Å². The number of benzene rings is 1. The molecule has 2 N–H and O–H groups in total. The molecule has 1 aliphatic rings. The van der Waals surface area contributed by atoms with E-state index in [2.05, 4.69) is 22.5 Å². The Balaban J connectivity index is 2.00. The van der Waals surface area contributed by atoms with E-state index in [9.17, 15) is 8.78 Å². The van der Waals surface area contributed by atoms with Crippen LogP contribution in [0.15, 0.2) is 23.2 Å². The van der Waals surface area contributed by atoms with Crippen molar-refractivity contribution in [2.45, 2.75) is 31.4 Å². The lowest BCUT2D eigenvalue weighted by molar-refractivity contribution is 0.0242. The van der Waals surface area contributed by atoms with Crippen LogP contribution in [0, 0.1) is 11.6 Å². The van der Waals surface area contributed by atoms with E-state index in [0.717, 1.165) is 19.4 Å². The summed E-state index contributed by atoms with van der Waals surface area (Å²) in [6, 6.07) is 3.47. The minimum atomic E-state index is -0.546. The molecule has 7 heteroatoms. The minimum Gasteiger partial charge on any atom is -0.373 e. The monoisotopic (exact) mass is 354 g/mol. The first-order valence-electron chi connectivity index (χ1n) is 8.55. The average molecular weight is 354 g/mol. The number of ether oxygens (including phenoxy) is 1. The van der Waals surface area contributed by atoms with Gasteiger partial charge in [0.1, 0.15) is 11.6 Å². The smallest absolute Gasteiger partial charge is 0.191 e. The molecule has 2 rings (SSSR count). The molecule has 1 aliphatic heterocycles. The summed E-state index contributed by atoms with van der Waals surface area (Å²) in [5, 5.41) is 6.39. The molecule has 0 radical (unpaired) electrons. The molecule has 1 heterocycles. The van der Waals surface area contributed by atoms with E-state index in [1.807, 2.05) is 0 Å². The Bertz CT molecular complexity index is 580. The molecule has 140 valence electrons. The van der Waals surface area contributed by atoms with Gasteiger partial charge in [0.05, 0.1) is 11.6 Å². The SMILES string of the molecule is CN=C(NCC(c1c(F)cccc1F)N(C)C)NCC1(C)CCCO1. The van der Waals surface area contributed by atoms with Gasteiger partial charge in [-0.25, -0.2) is 8.78 Å². The van der Waals surface area contributed by atoms with Crippen LogP contribution >= 0.6 is 0 Å². The summed E-state index contributed by atoms with van der Waals surface area (Å²) < 4.78 is 34.0. The maximum absolute atomic E-state index is 14.1. The van der Waals surface area contributed by atoms with Crippen LogP contribution in [0.1, 0.15) is 31.4 Å². The van der Waals surface area contributed by atoms with E-state index in [4.69, 9.17) is 4.74 Å². The molecular weight excluding hydrogens is 326 g/mol. The summed E-state index contributed by atoms with van der Waals surface area (Å²) in [7, 11) is 5.26. The number of likely N-dealkylation sites (N-methyl/N-ethyl adjacent to an activating group) is 1. The highest BCUT2D eigenvalue weighted by molar-refractivity contribution is 5.79. The molecule has 0 amide bonds. The topological polar surface area (TPSA) is 48.9 Å². The normalized spacial score (nSPS) is 22.3. The minimum absolute atomic E-state index is 0.0570. The molecule has 0 aliphatic carbocycles. The summed E-state index contributed by atoms with van der Waals surface area (Å²) >= 11 is 0. The Morgan fingerprint density at radius 3 is 2.52 bits per heavy atom. The van der Waals surface area contributed by atoms with Gasteiger partial charge >= 0.3 is 0 Å². The summed E-state index contributed by atoms with van der Waals surface area (Å²) in [5.41, 5.74) is -0.141. The van der Waals surface area contributed by atoms with Gasteiger partial charge in [-0.05, 0) is 46.0 Å². The highest BCUT2D eigenvalue weighted by Gasteiger charge is 2.30. The summed E-state index contributed by atoms with van der Waals surface area (Å²) in [6.45, 7) is 3.80. The lowest BCUT2D eigenvalue weighted by Gasteiger charge is -2.28. The van der Waals surface area contributed by atoms with Gasteiger partial charge in [-0.1, -0.05) is 6.07 Å². The number of aliphatic imine (C=N–C) groups is 1. The molecule has 5 nitrogen and oxygen atoms in total. The number of hydrogen-bond acceptors (Lipinski definition) is 3. The van der Waals surface area contributed by atoms with Crippen molar-refractivity contribution in [2.24, 2.45) is 4.99 Å². The summed E-state index contributed by atoms with van der Waals surface area (Å²) in [4.78, 5) is 5.96. The summed E-state index contributed by atoms with van der Waals surface area (Å²) in [6.07, 6.45) is 2.05. The molecule has 1 aromatic carbocycles. The fourth-order valence-electron chi connectivity index (χ4n) is 3.03. The maximum atomic E-state index is 14.1. The van der Waals surface area contributed by atoms with Gasteiger partial charge in [0, 0.05) is 32.3 Å². The van der Waals surface area contributed by atoms with E-state index in [1.54, 1.807) is 26.0 Å². The third kappa shape index (κ3) is 5.12. The Morgan fingerprint density at radius 2 is 2.00 bits per heavy atom. The number of rotatable bonds is 6. The molecule has 1 saturated heterocycles. The number of guanidine groups is 1. The second-order valence-corrected chi connectivity index (χ2v) is 6.82. The van der Waals surface area contributed by atoms with E-state index in [0.29, 0.717) is 19.0 Å². The number of halogens is 2. The molecule has 1 aromatic rings. The first-order valence-corrected chi connectivity index (χ1v) is 8.55. The van der Waals surface area contributed by atoms with Gasteiger partial charge in [-0.15, -0.1) is 0 Å². The predicted octanol–water partition coefficient (Wildman–Crippen LogP) is 2.30. The van der Waals surface area contributed by atoms with Gasteiger partial charge < -0.3 is 20.3 Å². The molecule has 0 bridgehead atoms. The Labute approximate surface area is 148 Å². The molecule has 2 atom stereocenters. The van der Waals surface area contributed by atoms with Gasteiger partial charge in [-0.3, -0.25) is 4.99 Å². The number of nitrogens with zero attached hydrogens (tertiary/aromatic N) is 2. The first kappa shape index (κ1) is 19.6. The van der Waals surface area contributed by atoms with Crippen molar-refractivity contribution >= 4 is 5.96 Å². The lowest BCUT2D eigenvalue weighted by Crippen LogP contribution is -2.47. The third-order valence-electron chi connectivity index (χ3n) is 4.57. The van der Waals surface area contributed by atoms with Crippen LogP contribution in [0.25, 0.3) is 0 Å². The third-order valence-corrected chi connectivity index (χ3v) is 4.57. The van der Waals surface area contributed by atoms with E-state index in [-0.39, 0.29) is 11.2 Å². The van der Waals surface area contributed by atoms with Crippen molar-refractivity contribution in [3.05, 3.63) is 35.4 Å². The van der Waals surface area contributed by atoms with Crippen molar-refractivity contribution < 1.29 is 13.5 Å². The fraction of sp³-hybridized carbons (Fsp3) is 0.611. The van der Waals surface area contributed by atoms with Gasteiger partial charge in [-0.2, -0.15) is 0 Å². The second kappa shape index (κ2) is 8.58. The summed E-state index contributed by atoms with van der Waals surface area (Å²) in [5.74, 6) is -0.508. The van der Waals surface area contributed by atoms with Crippen LogP contribution in [-0.4, -0.2) is 57.3 Å². The van der Waals surface area contributed by atoms with E-state index < -0.39 is 17.7 Å². The molecule has 0 aromatic heterocycles. The van der Waals surface area contributed by atoms with Crippen LogP contribution < -0.4 is 10.6 Å². The van der Waals surface area contributed by atoms with Crippen molar-refractivity contribution in [3.63, 3.8) is 0 Å². The van der Waals surface area contributed by atoms with Crippen molar-refractivity contribution in [1.82, 2.24) is 15.5 Å². The van der Waals surface area contributed by atoms with Crippen LogP contribution in [0.3, 0.4) is 0 Å². The molecule has 0 spiro atoms. The predicted molar refractivity (Wildman–Crippen MR) is 95.7 cm³/mol. The van der Waals surface area contributed by atoms with E-state index in [1.165, 1.54) is 18.2 Å². The second-order valence-electron chi connectivity index (χ2n) is 6.82. The Morgan fingerprint density at radius 1 is 1.32 bits per heavy atom.